The maximum absolute atomic E-state index is 5.70. The Morgan fingerprint density at radius 2 is 1.83 bits per heavy atom. The lowest BCUT2D eigenvalue weighted by Crippen LogP contribution is -2.25. The molecule has 0 spiro atoms. The van der Waals surface area contributed by atoms with Crippen molar-refractivity contribution < 1.29 is 4.42 Å². The van der Waals surface area contributed by atoms with Crippen molar-refractivity contribution >= 4 is 0 Å². The number of rotatable bonds is 3. The van der Waals surface area contributed by atoms with E-state index in [1.54, 1.807) is 0 Å². The standard InChI is InChI=1S/C14H25N3O/c1-14(2,3)11-7-5-10(6-8-11)13-17-16-12(18-13)9-15-4/h10-11,15H,5-9H2,1-4H3. The first-order valence-electron chi connectivity index (χ1n) is 6.97. The highest BCUT2D eigenvalue weighted by atomic mass is 16.4. The summed E-state index contributed by atoms with van der Waals surface area (Å²) in [5, 5.41) is 11.3. The first-order chi connectivity index (χ1) is 8.50. The summed E-state index contributed by atoms with van der Waals surface area (Å²) in [4.78, 5) is 0. The van der Waals surface area contributed by atoms with Crippen molar-refractivity contribution in [3.63, 3.8) is 0 Å². The second-order valence-corrected chi connectivity index (χ2v) is 6.48. The van der Waals surface area contributed by atoms with Gasteiger partial charge in [-0.2, -0.15) is 0 Å². The highest BCUT2D eigenvalue weighted by molar-refractivity contribution is 4.95. The van der Waals surface area contributed by atoms with Crippen LogP contribution in [0, 0.1) is 11.3 Å². The number of hydrogen-bond acceptors (Lipinski definition) is 4. The van der Waals surface area contributed by atoms with Crippen molar-refractivity contribution in [3.05, 3.63) is 11.8 Å². The van der Waals surface area contributed by atoms with Crippen molar-refractivity contribution in [1.29, 1.82) is 0 Å². The van der Waals surface area contributed by atoms with Gasteiger partial charge in [-0.05, 0) is 44.1 Å². The average Bonchev–Trinajstić information content (AvgIpc) is 2.77. The van der Waals surface area contributed by atoms with Gasteiger partial charge >= 0.3 is 0 Å². The van der Waals surface area contributed by atoms with Gasteiger partial charge in [0.1, 0.15) is 0 Å². The van der Waals surface area contributed by atoms with Gasteiger partial charge in [0.2, 0.25) is 11.8 Å². The van der Waals surface area contributed by atoms with Gasteiger partial charge in [0.05, 0.1) is 6.54 Å². The Morgan fingerprint density at radius 3 is 2.39 bits per heavy atom. The van der Waals surface area contributed by atoms with Gasteiger partial charge in [-0.3, -0.25) is 0 Å². The molecular formula is C14H25N3O. The SMILES string of the molecule is CNCc1nnc(C2CCC(C(C)(C)C)CC2)o1. The topological polar surface area (TPSA) is 51.0 Å². The zero-order chi connectivity index (χ0) is 13.2. The molecule has 4 nitrogen and oxygen atoms in total. The predicted octanol–water partition coefficient (Wildman–Crippen LogP) is 3.11. The highest BCUT2D eigenvalue weighted by Crippen LogP contribution is 2.42. The van der Waals surface area contributed by atoms with E-state index in [1.807, 2.05) is 7.05 Å². The lowest BCUT2D eigenvalue weighted by atomic mass is 9.70. The molecule has 1 heterocycles. The van der Waals surface area contributed by atoms with Gasteiger partial charge in [-0.25, -0.2) is 0 Å². The molecule has 0 bridgehead atoms. The number of nitrogens with zero attached hydrogens (tertiary/aromatic N) is 2. The summed E-state index contributed by atoms with van der Waals surface area (Å²) in [5.74, 6) is 2.84. The molecule has 1 saturated carbocycles. The molecule has 102 valence electrons. The Kier molecular flexibility index (Phi) is 4.05. The largest absolute Gasteiger partial charge is 0.424 e. The molecule has 1 fully saturated rings. The van der Waals surface area contributed by atoms with E-state index in [2.05, 4.69) is 36.3 Å². The second-order valence-electron chi connectivity index (χ2n) is 6.48. The van der Waals surface area contributed by atoms with E-state index in [0.29, 0.717) is 23.8 Å². The van der Waals surface area contributed by atoms with Crippen LogP contribution in [-0.4, -0.2) is 17.2 Å². The summed E-state index contributed by atoms with van der Waals surface area (Å²) >= 11 is 0. The molecule has 1 N–H and O–H groups in total. The third kappa shape index (κ3) is 3.10. The van der Waals surface area contributed by atoms with Gasteiger partial charge in [0, 0.05) is 5.92 Å². The van der Waals surface area contributed by atoms with Crippen LogP contribution in [0.1, 0.15) is 64.2 Å². The van der Waals surface area contributed by atoms with E-state index in [9.17, 15) is 0 Å². The number of aromatic nitrogens is 2. The van der Waals surface area contributed by atoms with E-state index < -0.39 is 0 Å². The molecule has 0 unspecified atom stereocenters. The van der Waals surface area contributed by atoms with Crippen molar-refractivity contribution in [2.24, 2.45) is 11.3 Å². The third-order valence-electron chi connectivity index (χ3n) is 4.11. The van der Waals surface area contributed by atoms with Gasteiger partial charge < -0.3 is 9.73 Å². The Bertz CT molecular complexity index is 373. The first-order valence-corrected chi connectivity index (χ1v) is 6.97. The maximum atomic E-state index is 5.70. The summed E-state index contributed by atoms with van der Waals surface area (Å²) in [6.07, 6.45) is 4.92. The molecule has 1 aliphatic carbocycles. The summed E-state index contributed by atoms with van der Waals surface area (Å²) in [5.41, 5.74) is 0.428. The van der Waals surface area contributed by atoms with Crippen molar-refractivity contribution in [2.75, 3.05) is 7.05 Å². The molecule has 1 aromatic rings. The number of nitrogens with one attached hydrogen (secondary N) is 1. The van der Waals surface area contributed by atoms with Crippen molar-refractivity contribution in [3.8, 4) is 0 Å². The average molecular weight is 251 g/mol. The van der Waals surface area contributed by atoms with Crippen LogP contribution < -0.4 is 5.32 Å². The monoisotopic (exact) mass is 251 g/mol. The minimum absolute atomic E-state index is 0.428. The lowest BCUT2D eigenvalue weighted by Gasteiger charge is -2.36. The molecule has 2 rings (SSSR count). The predicted molar refractivity (Wildman–Crippen MR) is 71.2 cm³/mol. The van der Waals surface area contributed by atoms with E-state index in [1.165, 1.54) is 25.7 Å². The van der Waals surface area contributed by atoms with Crippen LogP contribution in [0.25, 0.3) is 0 Å². The lowest BCUT2D eigenvalue weighted by molar-refractivity contribution is 0.161. The van der Waals surface area contributed by atoms with Gasteiger partial charge in [0.25, 0.3) is 0 Å². The maximum Gasteiger partial charge on any atom is 0.230 e. The summed E-state index contributed by atoms with van der Waals surface area (Å²) in [7, 11) is 1.89. The molecule has 18 heavy (non-hydrogen) atoms. The van der Waals surface area contributed by atoms with E-state index in [4.69, 9.17) is 4.42 Å². The van der Waals surface area contributed by atoms with E-state index in [-0.39, 0.29) is 0 Å². The van der Waals surface area contributed by atoms with Crippen LogP contribution in [0.2, 0.25) is 0 Å². The van der Waals surface area contributed by atoms with Crippen LogP contribution in [0.3, 0.4) is 0 Å². The Hall–Kier alpha value is -0.900. The van der Waals surface area contributed by atoms with Gasteiger partial charge in [-0.15, -0.1) is 10.2 Å². The van der Waals surface area contributed by atoms with Gasteiger partial charge in [0.15, 0.2) is 0 Å². The molecule has 0 aromatic carbocycles. The Morgan fingerprint density at radius 1 is 1.17 bits per heavy atom. The highest BCUT2D eigenvalue weighted by Gasteiger charge is 2.32. The normalized spacial score (nSPS) is 25.3. The first kappa shape index (κ1) is 13.5. The zero-order valence-corrected chi connectivity index (χ0v) is 12.0. The zero-order valence-electron chi connectivity index (χ0n) is 12.0. The minimum atomic E-state index is 0.428. The van der Waals surface area contributed by atoms with E-state index >= 15 is 0 Å². The van der Waals surface area contributed by atoms with Crippen molar-refractivity contribution in [2.45, 2.75) is 58.9 Å². The van der Waals surface area contributed by atoms with E-state index in [0.717, 1.165) is 11.8 Å². The van der Waals surface area contributed by atoms with Crippen LogP contribution in [0.5, 0.6) is 0 Å². The molecule has 0 saturated heterocycles. The van der Waals surface area contributed by atoms with Crippen LogP contribution in [0.4, 0.5) is 0 Å². The van der Waals surface area contributed by atoms with Crippen LogP contribution in [0.15, 0.2) is 4.42 Å². The number of hydrogen-bond donors (Lipinski definition) is 1. The van der Waals surface area contributed by atoms with Gasteiger partial charge in [-0.1, -0.05) is 20.8 Å². The smallest absolute Gasteiger partial charge is 0.230 e. The third-order valence-corrected chi connectivity index (χ3v) is 4.11. The fraction of sp³-hybridized carbons (Fsp3) is 0.857. The van der Waals surface area contributed by atoms with Crippen LogP contribution in [-0.2, 0) is 6.54 Å². The quantitative estimate of drug-likeness (QED) is 0.896. The molecule has 1 aliphatic rings. The molecule has 0 radical (unpaired) electrons. The van der Waals surface area contributed by atoms with Crippen LogP contribution >= 0.6 is 0 Å². The summed E-state index contributed by atoms with van der Waals surface area (Å²) in [6.45, 7) is 7.69. The molecule has 0 aliphatic heterocycles. The second kappa shape index (κ2) is 5.39. The van der Waals surface area contributed by atoms with Crippen molar-refractivity contribution in [1.82, 2.24) is 15.5 Å². The fourth-order valence-corrected chi connectivity index (χ4v) is 2.86. The fourth-order valence-electron chi connectivity index (χ4n) is 2.86. The molecule has 4 heteroatoms. The Labute approximate surface area is 110 Å². The molecule has 0 atom stereocenters. The molecule has 0 amide bonds. The minimum Gasteiger partial charge on any atom is -0.424 e. The Balaban J connectivity index is 1.92. The summed E-state index contributed by atoms with van der Waals surface area (Å²) < 4.78 is 5.70. The summed E-state index contributed by atoms with van der Waals surface area (Å²) in [6, 6.07) is 0. The molecule has 1 aromatic heterocycles. The molecular weight excluding hydrogens is 226 g/mol.